The maximum atomic E-state index is 11.6. The van der Waals surface area contributed by atoms with Gasteiger partial charge in [-0.05, 0) is 0 Å². The van der Waals surface area contributed by atoms with Crippen LogP contribution in [0.15, 0.2) is 0 Å². The molecule has 0 aromatic carbocycles. The van der Waals surface area contributed by atoms with Crippen LogP contribution in [-0.2, 0) is 0 Å². The molecule has 1 N–H and O–H groups in total. The smallest absolute Gasteiger partial charge is 0.186 e. The van der Waals surface area contributed by atoms with Crippen molar-refractivity contribution in [2.75, 3.05) is 18.5 Å². The summed E-state index contributed by atoms with van der Waals surface area (Å²) in [5.74, 6) is 0.462. The number of hydrogen-bond donors (Lipinski definition) is 1. The predicted octanol–water partition coefficient (Wildman–Crippen LogP) is 1.57. The maximum absolute atomic E-state index is 11.6. The second-order valence-corrected chi connectivity index (χ2v) is 2.41. The molecule has 0 saturated carbocycles. The summed E-state index contributed by atoms with van der Waals surface area (Å²) < 4.78 is 19.0. The van der Waals surface area contributed by atoms with Gasteiger partial charge >= 0.3 is 0 Å². The minimum Gasteiger partial charge on any atom is -0.364 e. The Morgan fingerprint density at radius 1 is 1.60 bits per heavy atom. The molecule has 0 fully saturated rings. The number of nitrogens with one attached hydrogen (secondary N) is 1. The zero-order chi connectivity index (χ0) is 7.40. The first kappa shape index (κ1) is 7.68. The van der Waals surface area contributed by atoms with Crippen molar-refractivity contribution in [2.24, 2.45) is 0 Å². The van der Waals surface area contributed by atoms with Gasteiger partial charge in [0, 0.05) is 6.54 Å². The van der Waals surface area contributed by atoms with E-state index in [1.807, 2.05) is 0 Å². The first-order chi connectivity index (χ1) is 4.84. The van der Waals surface area contributed by atoms with Crippen molar-refractivity contribution < 1.29 is 4.39 Å². The summed E-state index contributed by atoms with van der Waals surface area (Å²) >= 11 is 6.53. The monoisotopic (exact) mass is 181 g/mol. The van der Waals surface area contributed by atoms with Crippen LogP contribution in [0, 0.1) is 0 Å². The van der Waals surface area contributed by atoms with E-state index in [9.17, 15) is 4.39 Å². The SMILES string of the molecule is FCCNc1nsnc1Cl. The standard InChI is InChI=1S/C4H5ClFN3S/c5-3-4(7-2-1-6)9-10-8-3/h1-2H2,(H,7,9). The molecule has 0 radical (unpaired) electrons. The number of hydrogen-bond acceptors (Lipinski definition) is 4. The van der Waals surface area contributed by atoms with E-state index in [0.29, 0.717) is 11.0 Å². The summed E-state index contributed by atoms with van der Waals surface area (Å²) in [5, 5.41) is 2.98. The van der Waals surface area contributed by atoms with Gasteiger partial charge in [-0.25, -0.2) is 4.39 Å². The molecule has 1 heterocycles. The Kier molecular flexibility index (Phi) is 2.82. The van der Waals surface area contributed by atoms with Gasteiger partial charge < -0.3 is 5.32 Å². The average Bonchev–Trinajstić information content (AvgIpc) is 2.31. The van der Waals surface area contributed by atoms with Crippen LogP contribution in [0.25, 0.3) is 0 Å². The molecule has 0 saturated heterocycles. The summed E-state index contributed by atoms with van der Waals surface area (Å²) in [4.78, 5) is 0. The van der Waals surface area contributed by atoms with Crippen molar-refractivity contribution in [3.8, 4) is 0 Å². The molecule has 0 spiro atoms. The van der Waals surface area contributed by atoms with Crippen LogP contribution >= 0.6 is 23.3 Å². The first-order valence-corrected chi connectivity index (χ1v) is 3.73. The highest BCUT2D eigenvalue weighted by molar-refractivity contribution is 6.99. The summed E-state index contributed by atoms with van der Waals surface area (Å²) in [7, 11) is 0. The van der Waals surface area contributed by atoms with Crippen molar-refractivity contribution in [3.63, 3.8) is 0 Å². The van der Waals surface area contributed by atoms with Crippen molar-refractivity contribution >= 4 is 29.1 Å². The molecular formula is C4H5ClFN3S. The highest BCUT2D eigenvalue weighted by atomic mass is 35.5. The minimum absolute atomic E-state index is 0.227. The molecule has 1 aromatic heterocycles. The Morgan fingerprint density at radius 2 is 2.40 bits per heavy atom. The lowest BCUT2D eigenvalue weighted by Gasteiger charge is -1.95. The van der Waals surface area contributed by atoms with Crippen molar-refractivity contribution in [3.05, 3.63) is 5.15 Å². The van der Waals surface area contributed by atoms with Crippen LogP contribution in [-0.4, -0.2) is 22.0 Å². The largest absolute Gasteiger partial charge is 0.364 e. The van der Waals surface area contributed by atoms with Crippen molar-refractivity contribution in [1.82, 2.24) is 8.75 Å². The van der Waals surface area contributed by atoms with Gasteiger partial charge in [-0.15, -0.1) is 0 Å². The van der Waals surface area contributed by atoms with Crippen LogP contribution in [0.4, 0.5) is 10.2 Å². The number of aromatic nitrogens is 2. The number of rotatable bonds is 3. The summed E-state index contributed by atoms with van der Waals surface area (Å²) in [6, 6.07) is 0. The normalized spacial score (nSPS) is 9.80. The van der Waals surface area contributed by atoms with Gasteiger partial charge in [0.05, 0.1) is 11.7 Å². The zero-order valence-corrected chi connectivity index (χ0v) is 6.55. The second-order valence-electron chi connectivity index (χ2n) is 1.52. The molecule has 0 aliphatic rings. The number of nitrogens with zero attached hydrogens (tertiary/aromatic N) is 2. The number of halogens is 2. The van der Waals surface area contributed by atoms with Crippen molar-refractivity contribution in [1.29, 1.82) is 0 Å². The van der Waals surface area contributed by atoms with Gasteiger partial charge in [0.25, 0.3) is 0 Å². The summed E-state index contributed by atoms with van der Waals surface area (Å²) in [6.07, 6.45) is 0. The van der Waals surface area contributed by atoms with Crippen LogP contribution in [0.1, 0.15) is 0 Å². The molecule has 1 rings (SSSR count). The third-order valence-corrected chi connectivity index (χ3v) is 1.73. The fraction of sp³-hybridized carbons (Fsp3) is 0.500. The zero-order valence-electron chi connectivity index (χ0n) is 4.97. The second kappa shape index (κ2) is 3.68. The average molecular weight is 182 g/mol. The van der Waals surface area contributed by atoms with E-state index in [0.717, 1.165) is 11.7 Å². The van der Waals surface area contributed by atoms with E-state index in [2.05, 4.69) is 14.1 Å². The lowest BCUT2D eigenvalue weighted by atomic mass is 10.6. The van der Waals surface area contributed by atoms with E-state index >= 15 is 0 Å². The molecule has 0 unspecified atom stereocenters. The van der Waals surface area contributed by atoms with Crippen LogP contribution in [0.5, 0.6) is 0 Å². The van der Waals surface area contributed by atoms with Crippen LogP contribution < -0.4 is 5.32 Å². The Balaban J connectivity index is 2.49. The van der Waals surface area contributed by atoms with Crippen molar-refractivity contribution in [2.45, 2.75) is 0 Å². The fourth-order valence-corrected chi connectivity index (χ4v) is 1.13. The van der Waals surface area contributed by atoms with Gasteiger partial charge in [0.2, 0.25) is 0 Å². The van der Waals surface area contributed by atoms with Crippen LogP contribution in [0.2, 0.25) is 5.15 Å². The Labute approximate surface area is 66.5 Å². The molecular weight excluding hydrogens is 177 g/mol. The molecule has 1 aromatic rings. The minimum atomic E-state index is -0.437. The molecule has 0 amide bonds. The van der Waals surface area contributed by atoms with E-state index < -0.39 is 6.67 Å². The molecule has 3 nitrogen and oxygen atoms in total. The van der Waals surface area contributed by atoms with Crippen LogP contribution in [0.3, 0.4) is 0 Å². The molecule has 0 aliphatic carbocycles. The predicted molar refractivity (Wildman–Crippen MR) is 39.4 cm³/mol. The first-order valence-electron chi connectivity index (χ1n) is 2.62. The quantitative estimate of drug-likeness (QED) is 0.770. The molecule has 0 aliphatic heterocycles. The lowest BCUT2D eigenvalue weighted by Crippen LogP contribution is -2.03. The van der Waals surface area contributed by atoms with E-state index in [4.69, 9.17) is 11.6 Å². The third kappa shape index (κ3) is 1.78. The summed E-state index contributed by atoms with van der Waals surface area (Å²) in [5.41, 5.74) is 0. The maximum Gasteiger partial charge on any atom is 0.186 e. The topological polar surface area (TPSA) is 37.8 Å². The highest BCUT2D eigenvalue weighted by Crippen LogP contribution is 2.16. The molecule has 0 bridgehead atoms. The number of anilines is 1. The highest BCUT2D eigenvalue weighted by Gasteiger charge is 2.01. The van der Waals surface area contributed by atoms with E-state index in [-0.39, 0.29) is 6.54 Å². The van der Waals surface area contributed by atoms with Gasteiger partial charge in [-0.3, -0.25) is 0 Å². The lowest BCUT2D eigenvalue weighted by molar-refractivity contribution is 0.512. The van der Waals surface area contributed by atoms with Gasteiger partial charge in [-0.1, -0.05) is 11.6 Å². The van der Waals surface area contributed by atoms with E-state index in [1.54, 1.807) is 0 Å². The molecule has 0 atom stereocenters. The number of alkyl halides is 1. The fourth-order valence-electron chi connectivity index (χ4n) is 0.449. The Hall–Kier alpha value is -0.420. The summed E-state index contributed by atoms with van der Waals surface area (Å²) in [6.45, 7) is -0.209. The van der Waals surface area contributed by atoms with Gasteiger partial charge in [0.1, 0.15) is 6.67 Å². The van der Waals surface area contributed by atoms with Gasteiger partial charge in [0.15, 0.2) is 11.0 Å². The molecule has 56 valence electrons. The third-order valence-electron chi connectivity index (χ3n) is 0.835. The molecule has 6 heteroatoms. The Morgan fingerprint density at radius 3 is 2.90 bits per heavy atom. The molecule has 10 heavy (non-hydrogen) atoms. The Bertz CT molecular complexity index is 204. The van der Waals surface area contributed by atoms with Gasteiger partial charge in [-0.2, -0.15) is 8.75 Å². The van der Waals surface area contributed by atoms with E-state index in [1.165, 1.54) is 0 Å².